The maximum absolute atomic E-state index is 5.84. The zero-order chi connectivity index (χ0) is 20.6. The lowest BCUT2D eigenvalue weighted by Crippen LogP contribution is -2.38. The first kappa shape index (κ1) is 21.2. The minimum atomic E-state index is 0.609. The van der Waals surface area contributed by atoms with Crippen molar-refractivity contribution in [1.29, 1.82) is 0 Å². The lowest BCUT2D eigenvalue weighted by molar-refractivity contribution is 0.319. The molecule has 0 spiro atoms. The van der Waals surface area contributed by atoms with Gasteiger partial charge in [-0.25, -0.2) is 0 Å². The van der Waals surface area contributed by atoms with Crippen LogP contribution in [0.25, 0.3) is 0 Å². The summed E-state index contributed by atoms with van der Waals surface area (Å²) in [6, 6.07) is 14.3. The first-order valence-corrected chi connectivity index (χ1v) is 10.5. The zero-order valence-corrected chi connectivity index (χ0v) is 18.3. The van der Waals surface area contributed by atoms with Crippen LogP contribution in [0.4, 0.5) is 5.69 Å². The van der Waals surface area contributed by atoms with Gasteiger partial charge in [-0.05, 0) is 79.7 Å². The van der Waals surface area contributed by atoms with Gasteiger partial charge in [0.15, 0.2) is 5.11 Å². The molecule has 3 rings (SSSR count). The molecular weight excluding hydrogens is 380 g/mol. The zero-order valence-electron chi connectivity index (χ0n) is 17.5. The summed E-state index contributed by atoms with van der Waals surface area (Å²) in [7, 11) is 3.37. The van der Waals surface area contributed by atoms with Crippen LogP contribution in [-0.4, -0.2) is 30.8 Å². The smallest absolute Gasteiger partial charge is 0.173 e. The molecule has 0 bridgehead atoms. The van der Waals surface area contributed by atoms with Gasteiger partial charge in [-0.1, -0.05) is 30.4 Å². The van der Waals surface area contributed by atoms with Crippen molar-refractivity contribution in [2.24, 2.45) is 5.92 Å². The van der Waals surface area contributed by atoms with Crippen molar-refractivity contribution in [3.63, 3.8) is 0 Å². The molecule has 1 unspecified atom stereocenters. The molecule has 0 aromatic heterocycles. The summed E-state index contributed by atoms with van der Waals surface area (Å²) in [4.78, 5) is 2.27. The lowest BCUT2D eigenvalue weighted by Gasteiger charge is -2.31. The van der Waals surface area contributed by atoms with Crippen LogP contribution in [-0.2, 0) is 6.54 Å². The second kappa shape index (κ2) is 10.3. The van der Waals surface area contributed by atoms with Crippen molar-refractivity contribution in [3.8, 4) is 11.5 Å². The van der Waals surface area contributed by atoms with Crippen LogP contribution < -0.4 is 14.8 Å². The van der Waals surface area contributed by atoms with Crippen LogP contribution >= 0.6 is 12.2 Å². The van der Waals surface area contributed by atoms with Crippen LogP contribution in [0.2, 0.25) is 0 Å². The first-order valence-electron chi connectivity index (χ1n) is 10.1. The normalized spacial score (nSPS) is 15.6. The summed E-state index contributed by atoms with van der Waals surface area (Å²) in [5.41, 5.74) is 3.27. The standard InChI is InChI=1S/C24H30N2O2S/c1-18-9-14-23(28-3)22(15-18)25-24(29)26(16-19-7-5-4-6-8-19)17-20-10-12-21(27-2)13-11-20/h4-5,9-15,19H,6-8,16-17H2,1-3H3,(H,25,29). The second-order valence-electron chi connectivity index (χ2n) is 7.51. The minimum Gasteiger partial charge on any atom is -0.497 e. The van der Waals surface area contributed by atoms with Crippen LogP contribution in [0.3, 0.4) is 0 Å². The maximum atomic E-state index is 5.84. The fraction of sp³-hybridized carbons (Fsp3) is 0.375. The van der Waals surface area contributed by atoms with Crippen LogP contribution in [0.1, 0.15) is 30.4 Å². The molecule has 154 valence electrons. The number of nitrogens with one attached hydrogen (secondary N) is 1. The fourth-order valence-electron chi connectivity index (χ4n) is 3.62. The molecule has 0 saturated carbocycles. The number of hydrogen-bond donors (Lipinski definition) is 1. The average Bonchev–Trinajstić information content (AvgIpc) is 2.74. The van der Waals surface area contributed by atoms with Crippen molar-refractivity contribution < 1.29 is 9.47 Å². The number of nitrogens with zero attached hydrogens (tertiary/aromatic N) is 1. The molecule has 4 nitrogen and oxygen atoms in total. The number of hydrogen-bond acceptors (Lipinski definition) is 3. The molecule has 0 fully saturated rings. The number of benzene rings is 2. The Morgan fingerprint density at radius 1 is 1.10 bits per heavy atom. The van der Waals surface area contributed by atoms with Gasteiger partial charge in [0.25, 0.3) is 0 Å². The van der Waals surface area contributed by atoms with E-state index in [-0.39, 0.29) is 0 Å². The van der Waals surface area contributed by atoms with E-state index in [4.69, 9.17) is 21.7 Å². The Bertz CT molecular complexity index is 848. The van der Waals surface area contributed by atoms with E-state index in [0.29, 0.717) is 5.92 Å². The van der Waals surface area contributed by atoms with Gasteiger partial charge in [0, 0.05) is 13.1 Å². The summed E-state index contributed by atoms with van der Waals surface area (Å²) < 4.78 is 10.8. The molecular formula is C24H30N2O2S. The molecule has 2 aromatic carbocycles. The van der Waals surface area contributed by atoms with Gasteiger partial charge in [-0.15, -0.1) is 0 Å². The molecule has 0 saturated heterocycles. The molecule has 0 aliphatic heterocycles. The number of ether oxygens (including phenoxy) is 2. The highest BCUT2D eigenvalue weighted by Crippen LogP contribution is 2.27. The van der Waals surface area contributed by atoms with Gasteiger partial charge in [0.05, 0.1) is 19.9 Å². The number of methoxy groups -OCH3 is 2. The Morgan fingerprint density at radius 2 is 1.90 bits per heavy atom. The van der Waals surface area contributed by atoms with Gasteiger partial charge >= 0.3 is 0 Å². The van der Waals surface area contributed by atoms with E-state index < -0.39 is 0 Å². The summed E-state index contributed by atoms with van der Waals surface area (Å²) >= 11 is 5.84. The molecule has 1 atom stereocenters. The maximum Gasteiger partial charge on any atom is 0.173 e. The quantitative estimate of drug-likeness (QED) is 0.477. The van der Waals surface area contributed by atoms with Gasteiger partial charge in [0.1, 0.15) is 11.5 Å². The van der Waals surface area contributed by atoms with Crippen molar-refractivity contribution >= 4 is 23.0 Å². The van der Waals surface area contributed by atoms with E-state index in [2.05, 4.69) is 47.5 Å². The van der Waals surface area contributed by atoms with Crippen LogP contribution in [0, 0.1) is 12.8 Å². The number of allylic oxidation sites excluding steroid dienone is 2. The van der Waals surface area contributed by atoms with E-state index in [1.165, 1.54) is 12.0 Å². The Labute approximate surface area is 179 Å². The van der Waals surface area contributed by atoms with E-state index in [1.54, 1.807) is 14.2 Å². The second-order valence-corrected chi connectivity index (χ2v) is 7.90. The Balaban J connectivity index is 1.77. The van der Waals surface area contributed by atoms with Gasteiger partial charge in [0.2, 0.25) is 0 Å². The molecule has 29 heavy (non-hydrogen) atoms. The van der Waals surface area contributed by atoms with Crippen molar-refractivity contribution in [3.05, 3.63) is 65.7 Å². The SMILES string of the molecule is COc1ccc(CN(CC2CC=CCC2)C(=S)Nc2cc(C)ccc2OC)cc1. The van der Waals surface area contributed by atoms with Gasteiger partial charge in [-0.2, -0.15) is 0 Å². The Hall–Kier alpha value is -2.53. The molecule has 0 amide bonds. The third-order valence-corrected chi connectivity index (χ3v) is 5.63. The van der Waals surface area contributed by atoms with Crippen molar-refractivity contribution in [2.75, 3.05) is 26.1 Å². The third-order valence-electron chi connectivity index (χ3n) is 5.27. The number of aryl methyl sites for hydroxylation is 1. The molecule has 2 aromatic rings. The average molecular weight is 411 g/mol. The highest BCUT2D eigenvalue weighted by molar-refractivity contribution is 7.80. The van der Waals surface area contributed by atoms with Crippen LogP contribution in [0.5, 0.6) is 11.5 Å². The van der Waals surface area contributed by atoms with E-state index in [1.807, 2.05) is 24.3 Å². The summed E-state index contributed by atoms with van der Waals surface area (Å²) in [6.07, 6.45) is 8.02. The Kier molecular flexibility index (Phi) is 7.53. The topological polar surface area (TPSA) is 33.7 Å². The Morgan fingerprint density at radius 3 is 2.55 bits per heavy atom. The van der Waals surface area contributed by atoms with E-state index in [0.717, 1.165) is 53.8 Å². The third kappa shape index (κ3) is 5.97. The van der Waals surface area contributed by atoms with Gasteiger partial charge < -0.3 is 19.7 Å². The van der Waals surface area contributed by atoms with Gasteiger partial charge in [-0.3, -0.25) is 0 Å². The number of anilines is 1. The van der Waals surface area contributed by atoms with E-state index >= 15 is 0 Å². The minimum absolute atomic E-state index is 0.609. The van der Waals surface area contributed by atoms with Crippen LogP contribution in [0.15, 0.2) is 54.6 Å². The monoisotopic (exact) mass is 410 g/mol. The fourth-order valence-corrected chi connectivity index (χ4v) is 3.87. The highest BCUT2D eigenvalue weighted by Gasteiger charge is 2.19. The van der Waals surface area contributed by atoms with Crippen molar-refractivity contribution in [1.82, 2.24) is 4.90 Å². The lowest BCUT2D eigenvalue weighted by atomic mass is 9.94. The molecule has 1 N–H and O–H groups in total. The molecule has 0 heterocycles. The molecule has 0 radical (unpaired) electrons. The molecule has 5 heteroatoms. The highest BCUT2D eigenvalue weighted by atomic mass is 32.1. The summed E-state index contributed by atoms with van der Waals surface area (Å²) in [6.45, 7) is 3.75. The first-order chi connectivity index (χ1) is 14.1. The predicted molar refractivity (Wildman–Crippen MR) is 124 cm³/mol. The molecule has 1 aliphatic carbocycles. The van der Waals surface area contributed by atoms with E-state index in [9.17, 15) is 0 Å². The summed E-state index contributed by atoms with van der Waals surface area (Å²) in [5, 5.41) is 4.15. The number of rotatable bonds is 7. The van der Waals surface area contributed by atoms with Crippen molar-refractivity contribution in [2.45, 2.75) is 32.7 Å². The summed E-state index contributed by atoms with van der Waals surface area (Å²) in [5.74, 6) is 2.27. The largest absolute Gasteiger partial charge is 0.497 e. The molecule has 1 aliphatic rings. The number of thiocarbonyl (C=S) groups is 1. The predicted octanol–water partition coefficient (Wildman–Crippen LogP) is 5.57.